The molecule has 2 N–H and O–H groups in total. The lowest BCUT2D eigenvalue weighted by Crippen LogP contribution is -2.38. The molecule has 0 fully saturated rings. The highest BCUT2D eigenvalue weighted by atomic mass is 127. The Morgan fingerprint density at radius 1 is 1.30 bits per heavy atom. The first-order chi connectivity index (χ1) is 9.26. The highest BCUT2D eigenvalue weighted by Gasteiger charge is 1.99. The first-order valence-corrected chi connectivity index (χ1v) is 9.44. The highest BCUT2D eigenvalue weighted by molar-refractivity contribution is 14.0. The van der Waals surface area contributed by atoms with Gasteiger partial charge in [0, 0.05) is 25.0 Å². The van der Waals surface area contributed by atoms with Crippen LogP contribution in [-0.2, 0) is 6.42 Å². The first-order valence-electron chi connectivity index (χ1n) is 6.44. The first kappa shape index (κ1) is 20.5. The molecule has 0 aliphatic rings. The number of unbranched alkanes of at least 4 members (excludes halogenated alkanes) is 1. The van der Waals surface area contributed by atoms with E-state index in [9.17, 15) is 0 Å². The summed E-state index contributed by atoms with van der Waals surface area (Å²) in [6.45, 7) is 1.90. The minimum absolute atomic E-state index is 0. The van der Waals surface area contributed by atoms with Crippen LogP contribution in [0.1, 0.15) is 17.7 Å². The molecule has 0 amide bonds. The average Bonchev–Trinajstić information content (AvgIpc) is 2.82. The van der Waals surface area contributed by atoms with E-state index in [1.807, 2.05) is 18.8 Å². The lowest BCUT2D eigenvalue weighted by Gasteiger charge is -2.11. The third kappa shape index (κ3) is 9.46. The van der Waals surface area contributed by atoms with Gasteiger partial charge in [-0.15, -0.1) is 35.3 Å². The fourth-order valence-corrected chi connectivity index (χ4v) is 3.56. The molecule has 0 saturated heterocycles. The van der Waals surface area contributed by atoms with Gasteiger partial charge in [0.05, 0.1) is 3.79 Å². The molecule has 116 valence electrons. The minimum atomic E-state index is 0. The third-order valence-electron chi connectivity index (χ3n) is 2.58. The summed E-state index contributed by atoms with van der Waals surface area (Å²) in [6.07, 6.45) is 5.63. The van der Waals surface area contributed by atoms with Gasteiger partial charge >= 0.3 is 0 Å². The molecule has 0 saturated carbocycles. The second-order valence-electron chi connectivity index (χ2n) is 4.08. The van der Waals surface area contributed by atoms with Gasteiger partial charge in [0.2, 0.25) is 0 Å². The molecular weight excluding hydrogens is 469 g/mol. The Kier molecular flexibility index (Phi) is 13.6. The molecule has 1 aromatic rings. The summed E-state index contributed by atoms with van der Waals surface area (Å²) >= 11 is 7.17. The molecule has 1 aromatic heterocycles. The molecule has 0 aliphatic carbocycles. The van der Waals surface area contributed by atoms with E-state index in [1.54, 1.807) is 11.3 Å². The van der Waals surface area contributed by atoms with Crippen LogP contribution < -0.4 is 10.6 Å². The lowest BCUT2D eigenvalue weighted by atomic mass is 10.3. The van der Waals surface area contributed by atoms with Crippen LogP contribution in [-0.4, -0.2) is 38.1 Å². The van der Waals surface area contributed by atoms with Crippen molar-refractivity contribution >= 4 is 69.0 Å². The number of hydrogen-bond acceptors (Lipinski definition) is 3. The van der Waals surface area contributed by atoms with Gasteiger partial charge in [-0.2, -0.15) is 11.8 Å². The van der Waals surface area contributed by atoms with Crippen LogP contribution in [0.3, 0.4) is 0 Å². The molecule has 0 atom stereocenters. The summed E-state index contributed by atoms with van der Waals surface area (Å²) < 4.78 is 1.19. The predicted octanol–water partition coefficient (Wildman–Crippen LogP) is 3.98. The Labute approximate surface area is 155 Å². The van der Waals surface area contributed by atoms with E-state index in [2.05, 4.69) is 49.9 Å². The van der Waals surface area contributed by atoms with Crippen LogP contribution in [0.25, 0.3) is 0 Å². The van der Waals surface area contributed by atoms with E-state index in [4.69, 9.17) is 0 Å². The topological polar surface area (TPSA) is 36.4 Å². The van der Waals surface area contributed by atoms with Crippen molar-refractivity contribution in [2.75, 3.05) is 32.1 Å². The number of halogens is 2. The molecule has 0 aliphatic heterocycles. The summed E-state index contributed by atoms with van der Waals surface area (Å²) in [6, 6.07) is 4.26. The van der Waals surface area contributed by atoms with Gasteiger partial charge in [0.15, 0.2) is 5.96 Å². The van der Waals surface area contributed by atoms with Crippen LogP contribution in [0.2, 0.25) is 0 Å². The van der Waals surface area contributed by atoms with Gasteiger partial charge in [-0.05, 0) is 59.3 Å². The van der Waals surface area contributed by atoms with Crippen molar-refractivity contribution in [3.63, 3.8) is 0 Å². The van der Waals surface area contributed by atoms with Crippen LogP contribution in [0, 0.1) is 0 Å². The lowest BCUT2D eigenvalue weighted by molar-refractivity contribution is 0.731. The molecule has 1 rings (SSSR count). The van der Waals surface area contributed by atoms with Crippen molar-refractivity contribution in [3.8, 4) is 0 Å². The van der Waals surface area contributed by atoms with Gasteiger partial charge in [-0.1, -0.05) is 0 Å². The predicted molar refractivity (Wildman–Crippen MR) is 108 cm³/mol. The number of thioether (sulfide) groups is 1. The van der Waals surface area contributed by atoms with Crippen molar-refractivity contribution in [3.05, 3.63) is 20.8 Å². The maximum Gasteiger partial charge on any atom is 0.190 e. The van der Waals surface area contributed by atoms with Crippen molar-refractivity contribution < 1.29 is 0 Å². The normalized spacial score (nSPS) is 11.1. The Morgan fingerprint density at radius 3 is 2.65 bits per heavy atom. The zero-order valence-corrected chi connectivity index (χ0v) is 17.5. The van der Waals surface area contributed by atoms with E-state index in [0.29, 0.717) is 0 Å². The maximum absolute atomic E-state index is 4.23. The fraction of sp³-hybridized carbons (Fsp3) is 0.615. The summed E-state index contributed by atoms with van der Waals surface area (Å²) in [5.74, 6) is 2.14. The Balaban J connectivity index is 0.00000361. The number of hydrogen-bond donors (Lipinski definition) is 2. The molecule has 7 heteroatoms. The molecule has 1 heterocycles. The third-order valence-corrected chi connectivity index (χ3v) is 4.96. The molecule has 0 radical (unpaired) electrons. The SMILES string of the molecule is CN=C(NCCCCSC)NCCc1ccc(Br)s1.I. The van der Waals surface area contributed by atoms with Crippen LogP contribution in [0.4, 0.5) is 0 Å². The molecule has 20 heavy (non-hydrogen) atoms. The minimum Gasteiger partial charge on any atom is -0.356 e. The van der Waals surface area contributed by atoms with Gasteiger partial charge in [-0.25, -0.2) is 0 Å². The van der Waals surface area contributed by atoms with Gasteiger partial charge in [0.25, 0.3) is 0 Å². The van der Waals surface area contributed by atoms with Gasteiger partial charge in [0.1, 0.15) is 0 Å². The summed E-state index contributed by atoms with van der Waals surface area (Å²) in [5, 5.41) is 6.69. The molecule has 0 unspecified atom stereocenters. The molecule has 0 spiro atoms. The summed E-state index contributed by atoms with van der Waals surface area (Å²) in [5.41, 5.74) is 0. The molecular formula is C13H23BrIN3S2. The summed E-state index contributed by atoms with van der Waals surface area (Å²) in [4.78, 5) is 5.61. The quantitative estimate of drug-likeness (QED) is 0.250. The Hall–Kier alpha value is 0.530. The number of nitrogens with one attached hydrogen (secondary N) is 2. The Morgan fingerprint density at radius 2 is 2.05 bits per heavy atom. The number of nitrogens with zero attached hydrogens (tertiary/aromatic N) is 1. The number of rotatable bonds is 8. The fourth-order valence-electron chi connectivity index (χ4n) is 1.59. The van der Waals surface area contributed by atoms with Crippen molar-refractivity contribution in [1.29, 1.82) is 0 Å². The maximum atomic E-state index is 4.23. The van der Waals surface area contributed by atoms with E-state index >= 15 is 0 Å². The smallest absolute Gasteiger partial charge is 0.190 e. The second-order valence-corrected chi connectivity index (χ2v) is 7.61. The van der Waals surface area contributed by atoms with Crippen LogP contribution in [0.15, 0.2) is 20.9 Å². The standard InChI is InChI=1S/C13H22BrN3S2.HI/c1-15-13(16-8-3-4-10-18-2)17-9-7-11-5-6-12(14)19-11;/h5-6H,3-4,7-10H2,1-2H3,(H2,15,16,17);1H. The number of thiophene rings is 1. The van der Waals surface area contributed by atoms with Crippen LogP contribution in [0.5, 0.6) is 0 Å². The molecule has 0 bridgehead atoms. The van der Waals surface area contributed by atoms with Crippen LogP contribution >= 0.6 is 63.0 Å². The molecule has 0 aromatic carbocycles. The van der Waals surface area contributed by atoms with E-state index in [-0.39, 0.29) is 24.0 Å². The van der Waals surface area contributed by atoms with Gasteiger partial charge in [-0.3, -0.25) is 4.99 Å². The van der Waals surface area contributed by atoms with E-state index in [1.165, 1.54) is 27.3 Å². The molecule has 3 nitrogen and oxygen atoms in total. The van der Waals surface area contributed by atoms with Crippen molar-refractivity contribution in [2.45, 2.75) is 19.3 Å². The number of aliphatic imine (C=N–C) groups is 1. The Bertz CT molecular complexity index is 385. The van der Waals surface area contributed by atoms with Crippen molar-refractivity contribution in [2.24, 2.45) is 4.99 Å². The van der Waals surface area contributed by atoms with E-state index in [0.717, 1.165) is 25.5 Å². The highest BCUT2D eigenvalue weighted by Crippen LogP contribution is 2.21. The zero-order valence-electron chi connectivity index (χ0n) is 11.9. The van der Waals surface area contributed by atoms with Crippen molar-refractivity contribution in [1.82, 2.24) is 10.6 Å². The second kappa shape index (κ2) is 13.2. The van der Waals surface area contributed by atoms with E-state index < -0.39 is 0 Å². The van der Waals surface area contributed by atoms with Gasteiger partial charge < -0.3 is 10.6 Å². The number of guanidine groups is 1. The average molecular weight is 492 g/mol. The largest absolute Gasteiger partial charge is 0.356 e. The summed E-state index contributed by atoms with van der Waals surface area (Å²) in [7, 11) is 1.82. The zero-order chi connectivity index (χ0) is 13.9. The monoisotopic (exact) mass is 491 g/mol.